The molecule has 0 saturated carbocycles. The van der Waals surface area contributed by atoms with Crippen molar-refractivity contribution in [1.29, 1.82) is 0 Å². The number of hydrogen-bond acceptors (Lipinski definition) is 2. The van der Waals surface area contributed by atoms with Crippen LogP contribution in [0.25, 0.3) is 0 Å². The Labute approximate surface area is 67.1 Å². The van der Waals surface area contributed by atoms with Gasteiger partial charge in [0.1, 0.15) is 5.70 Å². The molecule has 11 heavy (non-hydrogen) atoms. The molecule has 0 rings (SSSR count). The van der Waals surface area contributed by atoms with E-state index in [1.54, 1.807) is 13.8 Å². The third-order valence-electron chi connectivity index (χ3n) is 0.936. The third kappa shape index (κ3) is 3.74. The third-order valence-corrected chi connectivity index (χ3v) is 1.31. The molecule has 0 heterocycles. The Bertz CT molecular complexity index is 220. The van der Waals surface area contributed by atoms with E-state index in [9.17, 15) is 9.00 Å². The predicted octanol–water partition coefficient (Wildman–Crippen LogP) is -0.508. The molecule has 0 aromatic rings. The van der Waals surface area contributed by atoms with Crippen LogP contribution in [-0.4, -0.2) is 14.7 Å². The largest absolute Gasteiger partial charge is 0.364 e. The van der Waals surface area contributed by atoms with E-state index in [0.29, 0.717) is 5.57 Å². The summed E-state index contributed by atoms with van der Waals surface area (Å²) in [5.41, 5.74) is 5.43. The van der Waals surface area contributed by atoms with Crippen LogP contribution < -0.4 is 10.5 Å². The van der Waals surface area contributed by atoms with Gasteiger partial charge in [-0.05, 0) is 19.4 Å². The lowest BCUT2D eigenvalue weighted by Gasteiger charge is -2.03. The Balaban J connectivity index is 4.52. The predicted molar refractivity (Wildman–Crippen MR) is 41.5 cm³/mol. The summed E-state index contributed by atoms with van der Waals surface area (Å²) >= 11 is -2.25. The molecule has 0 bridgehead atoms. The number of carbonyl (C=O) groups excluding carboxylic acids is 1. The highest BCUT2D eigenvalue weighted by atomic mass is 32.2. The van der Waals surface area contributed by atoms with Gasteiger partial charge in [0.15, 0.2) is 0 Å². The lowest BCUT2D eigenvalue weighted by atomic mass is 10.2. The van der Waals surface area contributed by atoms with E-state index in [2.05, 4.69) is 0 Å². The van der Waals surface area contributed by atoms with Gasteiger partial charge in [0, 0.05) is 0 Å². The first-order chi connectivity index (χ1) is 4.95. The van der Waals surface area contributed by atoms with Crippen LogP contribution in [-0.2, 0) is 16.1 Å². The fraction of sp³-hybridized carbons (Fsp3) is 0.400. The zero-order valence-corrected chi connectivity index (χ0v) is 7.07. The Hall–Kier alpha value is -0.880. The Morgan fingerprint density at radius 1 is 1.55 bits per heavy atom. The van der Waals surface area contributed by atoms with E-state index in [4.69, 9.17) is 10.3 Å². The number of carbonyl (C=O) groups is 1. The van der Waals surface area contributed by atoms with Crippen LogP contribution in [0.15, 0.2) is 11.3 Å². The quantitative estimate of drug-likeness (QED) is 0.401. The molecule has 0 aromatic heterocycles. The fourth-order valence-electron chi connectivity index (χ4n) is 0.486. The lowest BCUT2D eigenvalue weighted by molar-refractivity contribution is -0.114. The lowest BCUT2D eigenvalue weighted by Crippen LogP contribution is -2.28. The number of amides is 1. The highest BCUT2D eigenvalue weighted by Gasteiger charge is 2.07. The molecule has 0 saturated heterocycles. The molecule has 6 heteroatoms. The van der Waals surface area contributed by atoms with E-state index in [1.165, 1.54) is 0 Å². The summed E-state index contributed by atoms with van der Waals surface area (Å²) in [6.45, 7) is 3.22. The van der Waals surface area contributed by atoms with Gasteiger partial charge in [-0.3, -0.25) is 14.1 Å². The van der Waals surface area contributed by atoms with Crippen molar-refractivity contribution in [3.63, 3.8) is 0 Å². The summed E-state index contributed by atoms with van der Waals surface area (Å²) in [6, 6.07) is 0. The second-order valence-corrected chi connectivity index (χ2v) is 2.79. The average molecular weight is 178 g/mol. The molecule has 0 aromatic carbocycles. The van der Waals surface area contributed by atoms with Crippen molar-refractivity contribution in [1.82, 2.24) is 4.72 Å². The zero-order valence-electron chi connectivity index (χ0n) is 6.25. The van der Waals surface area contributed by atoms with Crippen LogP contribution in [0.4, 0.5) is 0 Å². The van der Waals surface area contributed by atoms with E-state index in [0.717, 1.165) is 0 Å². The van der Waals surface area contributed by atoms with Crippen molar-refractivity contribution < 1.29 is 13.6 Å². The maximum Gasteiger partial charge on any atom is 0.265 e. The molecule has 0 spiro atoms. The van der Waals surface area contributed by atoms with Crippen molar-refractivity contribution >= 4 is 17.2 Å². The Morgan fingerprint density at radius 2 is 2.00 bits per heavy atom. The van der Waals surface area contributed by atoms with E-state index >= 15 is 0 Å². The van der Waals surface area contributed by atoms with Crippen molar-refractivity contribution in [3.8, 4) is 0 Å². The fourth-order valence-corrected chi connectivity index (χ4v) is 0.965. The highest BCUT2D eigenvalue weighted by Crippen LogP contribution is 1.97. The highest BCUT2D eigenvalue weighted by molar-refractivity contribution is 7.77. The molecule has 5 nitrogen and oxygen atoms in total. The smallest absolute Gasteiger partial charge is 0.265 e. The molecular formula is C5H10N2O3S. The topological polar surface area (TPSA) is 92.4 Å². The van der Waals surface area contributed by atoms with Crippen molar-refractivity contribution in [2.24, 2.45) is 5.73 Å². The molecule has 1 unspecified atom stereocenters. The summed E-state index contributed by atoms with van der Waals surface area (Å²) < 4.78 is 20.5. The first-order valence-corrected chi connectivity index (χ1v) is 3.90. The number of allylic oxidation sites excluding steroid dienone is 1. The van der Waals surface area contributed by atoms with Gasteiger partial charge < -0.3 is 5.73 Å². The number of nitrogens with two attached hydrogens (primary N) is 1. The molecular weight excluding hydrogens is 168 g/mol. The van der Waals surface area contributed by atoms with Crippen LogP contribution in [0.1, 0.15) is 13.8 Å². The van der Waals surface area contributed by atoms with Gasteiger partial charge in [-0.15, -0.1) is 0 Å². The molecule has 1 atom stereocenters. The summed E-state index contributed by atoms with van der Waals surface area (Å²) in [7, 11) is 0. The molecule has 0 aliphatic heterocycles. The number of primary amides is 1. The van der Waals surface area contributed by atoms with E-state index in [-0.39, 0.29) is 5.70 Å². The number of rotatable bonds is 3. The minimum absolute atomic E-state index is 0.0224. The summed E-state index contributed by atoms with van der Waals surface area (Å²) in [4.78, 5) is 10.5. The SMILES string of the molecule is CC(C)=C(NS(=O)O)C(N)=O. The summed E-state index contributed by atoms with van der Waals surface area (Å²) in [6.07, 6.45) is 0. The van der Waals surface area contributed by atoms with Gasteiger partial charge in [-0.25, -0.2) is 4.21 Å². The van der Waals surface area contributed by atoms with E-state index < -0.39 is 17.2 Å². The van der Waals surface area contributed by atoms with Crippen molar-refractivity contribution in [3.05, 3.63) is 11.3 Å². The van der Waals surface area contributed by atoms with Crippen LogP contribution >= 0.6 is 0 Å². The molecule has 0 radical (unpaired) electrons. The maximum atomic E-state index is 10.5. The number of nitrogens with one attached hydrogen (secondary N) is 1. The van der Waals surface area contributed by atoms with Gasteiger partial charge in [0.25, 0.3) is 17.2 Å². The van der Waals surface area contributed by atoms with Gasteiger partial charge in [-0.2, -0.15) is 0 Å². The van der Waals surface area contributed by atoms with Crippen LogP contribution in [0.3, 0.4) is 0 Å². The maximum absolute atomic E-state index is 10.5. The second-order valence-electron chi connectivity index (χ2n) is 2.09. The minimum Gasteiger partial charge on any atom is -0.364 e. The van der Waals surface area contributed by atoms with Crippen LogP contribution in [0.5, 0.6) is 0 Å². The average Bonchev–Trinajstić information content (AvgIpc) is 1.81. The van der Waals surface area contributed by atoms with Gasteiger partial charge >= 0.3 is 0 Å². The summed E-state index contributed by atoms with van der Waals surface area (Å²) in [5.74, 6) is -0.743. The molecule has 0 aliphatic rings. The Kier molecular flexibility index (Phi) is 3.77. The normalized spacial score (nSPS) is 11.9. The first-order valence-electron chi connectivity index (χ1n) is 2.80. The first kappa shape index (κ1) is 10.1. The zero-order chi connectivity index (χ0) is 9.02. The summed E-state index contributed by atoms with van der Waals surface area (Å²) in [5, 5.41) is 0. The van der Waals surface area contributed by atoms with Crippen LogP contribution in [0.2, 0.25) is 0 Å². The van der Waals surface area contributed by atoms with Crippen LogP contribution in [0, 0.1) is 0 Å². The Morgan fingerprint density at radius 3 is 2.09 bits per heavy atom. The van der Waals surface area contributed by atoms with Gasteiger partial charge in [0.05, 0.1) is 0 Å². The van der Waals surface area contributed by atoms with Gasteiger partial charge in [0.2, 0.25) is 0 Å². The van der Waals surface area contributed by atoms with Crippen molar-refractivity contribution in [2.45, 2.75) is 13.8 Å². The van der Waals surface area contributed by atoms with E-state index in [1.807, 2.05) is 4.72 Å². The molecule has 0 aliphatic carbocycles. The minimum atomic E-state index is -2.25. The second kappa shape index (κ2) is 4.09. The van der Waals surface area contributed by atoms with Gasteiger partial charge in [-0.1, -0.05) is 0 Å². The molecule has 4 N–H and O–H groups in total. The molecule has 1 amide bonds. The monoisotopic (exact) mass is 178 g/mol. The molecule has 0 fully saturated rings. The van der Waals surface area contributed by atoms with Crippen molar-refractivity contribution in [2.75, 3.05) is 0 Å². The standard InChI is InChI=1S/C5H10N2O3S/c1-3(2)4(5(6)8)7-11(9)10/h7H,1-2H3,(H2,6,8)(H,9,10). The molecule has 64 valence electrons. The number of hydrogen-bond donors (Lipinski definition) is 3.